The molecule has 0 saturated carbocycles. The van der Waals surface area contributed by atoms with Gasteiger partial charge >= 0.3 is 0 Å². The van der Waals surface area contributed by atoms with Crippen LogP contribution in [0.3, 0.4) is 0 Å². The summed E-state index contributed by atoms with van der Waals surface area (Å²) < 4.78 is 13.6. The molecule has 0 spiro atoms. The Hall–Kier alpha value is -6.98. The third kappa shape index (κ3) is 6.22. The van der Waals surface area contributed by atoms with E-state index in [2.05, 4.69) is 232 Å². The number of hydrogen-bond donors (Lipinski definition) is 0. The van der Waals surface area contributed by atoms with Gasteiger partial charge in [0.25, 0.3) is 6.71 Å². The molecule has 0 N–H and O–H groups in total. The van der Waals surface area contributed by atoms with Crippen molar-refractivity contribution in [3.63, 3.8) is 0 Å². The molecule has 0 atom stereocenters. The molecule has 8 aromatic carbocycles. The largest absolute Gasteiger partial charge is 0.456 e. The number of fused-ring (bicyclic) bond motifs is 12. The van der Waals surface area contributed by atoms with Crippen molar-refractivity contribution in [2.75, 3.05) is 9.80 Å². The van der Waals surface area contributed by atoms with Gasteiger partial charge in [-0.1, -0.05) is 154 Å². The van der Waals surface area contributed by atoms with Crippen molar-refractivity contribution >= 4 is 101 Å². The Morgan fingerprint density at radius 2 is 1.19 bits per heavy atom. The molecule has 1 aliphatic carbocycles. The highest BCUT2D eigenvalue weighted by Gasteiger charge is 2.47. The van der Waals surface area contributed by atoms with E-state index in [4.69, 9.17) is 8.83 Å². The number of benzene rings is 8. The Labute approximate surface area is 413 Å². The summed E-state index contributed by atoms with van der Waals surface area (Å²) in [7, 11) is 0. The van der Waals surface area contributed by atoms with Crippen LogP contribution in [-0.4, -0.2) is 6.71 Å². The summed E-state index contributed by atoms with van der Waals surface area (Å²) in [5, 5.41) is 4.57. The molecule has 13 rings (SSSR count). The summed E-state index contributed by atoms with van der Waals surface area (Å²) >= 11 is 0. The highest BCUT2D eigenvalue weighted by atomic mass is 16.3. The first-order valence-corrected chi connectivity index (χ1v) is 25.4. The van der Waals surface area contributed by atoms with Crippen LogP contribution < -0.4 is 26.2 Å². The second-order valence-electron chi connectivity index (χ2n) is 24.1. The van der Waals surface area contributed by atoms with Crippen molar-refractivity contribution < 1.29 is 8.83 Å². The normalized spacial score (nSPS) is 16.0. The molecule has 0 saturated heterocycles. The van der Waals surface area contributed by atoms with Crippen LogP contribution in [0.1, 0.15) is 110 Å². The molecule has 0 bridgehead atoms. The van der Waals surface area contributed by atoms with E-state index in [1.54, 1.807) is 0 Å². The minimum absolute atomic E-state index is 0.00665. The van der Waals surface area contributed by atoms with Crippen molar-refractivity contribution in [2.45, 2.75) is 111 Å². The minimum Gasteiger partial charge on any atom is -0.456 e. The standard InChI is InChI=1S/C65H61BN2O2/c1-38-32-53-59-54(33-38)68(51-27-24-40(62(2,3)4)34-44(51)39-18-13-12-14-19-39)60-49(26-29-57-58(60)43-21-17-22-46(61(43)70-57)63(5,6)7)66(59)50-36-47-48(65(10,11)31-30-64(47,8)9)37-52(50)67(53)41-25-28-56-45(35-41)42-20-15-16-23-55(42)69-56/h12-29,32-37H,30-31H2,1-11H3. The van der Waals surface area contributed by atoms with Crippen molar-refractivity contribution in [3.8, 4) is 11.1 Å². The van der Waals surface area contributed by atoms with E-state index >= 15 is 0 Å². The number of furan rings is 2. The number of aryl methyl sites for hydroxylation is 1. The van der Waals surface area contributed by atoms with Crippen molar-refractivity contribution in [1.82, 2.24) is 0 Å². The molecule has 0 amide bonds. The van der Waals surface area contributed by atoms with Gasteiger partial charge in [-0.15, -0.1) is 0 Å². The second-order valence-corrected chi connectivity index (χ2v) is 24.1. The zero-order valence-corrected chi connectivity index (χ0v) is 42.6. The van der Waals surface area contributed by atoms with E-state index in [1.807, 2.05) is 0 Å². The maximum Gasteiger partial charge on any atom is 0.252 e. The fourth-order valence-corrected chi connectivity index (χ4v) is 12.6. The third-order valence-electron chi connectivity index (χ3n) is 16.4. The lowest BCUT2D eigenvalue weighted by Crippen LogP contribution is -2.62. The summed E-state index contributed by atoms with van der Waals surface area (Å²) in [6, 6.07) is 55.1. The lowest BCUT2D eigenvalue weighted by molar-refractivity contribution is 0.332. The monoisotopic (exact) mass is 912 g/mol. The van der Waals surface area contributed by atoms with Crippen LogP contribution in [0.2, 0.25) is 0 Å². The number of anilines is 6. The van der Waals surface area contributed by atoms with Gasteiger partial charge in [-0.05, 0) is 146 Å². The van der Waals surface area contributed by atoms with Crippen LogP contribution >= 0.6 is 0 Å². The Kier molecular flexibility index (Phi) is 8.95. The lowest BCUT2D eigenvalue weighted by Gasteiger charge is -2.47. The van der Waals surface area contributed by atoms with Crippen molar-refractivity contribution in [1.29, 1.82) is 0 Å². The fraction of sp³-hybridized carbons (Fsp3) is 0.262. The number of para-hydroxylation sites is 2. The third-order valence-corrected chi connectivity index (χ3v) is 16.4. The molecule has 4 nitrogen and oxygen atoms in total. The summed E-state index contributed by atoms with van der Waals surface area (Å²) in [6.07, 6.45) is 2.28. The summed E-state index contributed by atoms with van der Waals surface area (Å²) in [5.74, 6) is 0. The van der Waals surface area contributed by atoms with Gasteiger partial charge in [0, 0.05) is 50.0 Å². The topological polar surface area (TPSA) is 32.8 Å². The summed E-state index contributed by atoms with van der Waals surface area (Å²) in [6.45, 7) is 25.9. The maximum absolute atomic E-state index is 7.14. The molecule has 70 heavy (non-hydrogen) atoms. The van der Waals surface area contributed by atoms with Crippen LogP contribution in [0.4, 0.5) is 34.1 Å². The molecule has 2 aliphatic heterocycles. The molecule has 3 aliphatic rings. The Balaban J connectivity index is 1.20. The molecule has 0 radical (unpaired) electrons. The number of hydrogen-bond acceptors (Lipinski definition) is 4. The SMILES string of the molecule is Cc1cc2c3c(c1)N(c1ccc(C(C)(C)C)cc1-c1ccccc1)c1c(ccc4oc5c(C(C)(C)C)cccc5c14)B3c1cc3c(cc1N2c1ccc2oc4ccccc4c2c1)C(C)(C)CCC3(C)C. The smallest absolute Gasteiger partial charge is 0.252 e. The average Bonchev–Trinajstić information content (AvgIpc) is 3.90. The summed E-state index contributed by atoms with van der Waals surface area (Å²) in [5.41, 5.74) is 23.6. The van der Waals surface area contributed by atoms with Gasteiger partial charge in [-0.2, -0.15) is 0 Å². The second kappa shape index (κ2) is 14.5. The molecule has 0 unspecified atom stereocenters. The van der Waals surface area contributed by atoms with Crippen LogP contribution in [-0.2, 0) is 21.7 Å². The van der Waals surface area contributed by atoms with E-state index in [1.165, 1.54) is 78.1 Å². The zero-order chi connectivity index (χ0) is 48.4. The molecule has 10 aromatic rings. The first-order valence-electron chi connectivity index (χ1n) is 25.4. The van der Waals surface area contributed by atoms with Crippen LogP contribution in [0.25, 0.3) is 55.0 Å². The fourth-order valence-electron chi connectivity index (χ4n) is 12.6. The highest BCUT2D eigenvalue weighted by molar-refractivity contribution is 7.00. The molecular formula is C65H61BN2O2. The molecule has 2 aromatic heterocycles. The van der Waals surface area contributed by atoms with Gasteiger partial charge in [0.15, 0.2) is 0 Å². The van der Waals surface area contributed by atoms with Crippen molar-refractivity contribution in [3.05, 3.63) is 173 Å². The molecular weight excluding hydrogens is 852 g/mol. The zero-order valence-electron chi connectivity index (χ0n) is 42.6. The molecule has 346 valence electrons. The van der Waals surface area contributed by atoms with E-state index < -0.39 is 0 Å². The van der Waals surface area contributed by atoms with Gasteiger partial charge < -0.3 is 18.6 Å². The molecule has 5 heteroatoms. The number of rotatable bonds is 3. The van der Waals surface area contributed by atoms with Gasteiger partial charge in [0.1, 0.15) is 22.3 Å². The van der Waals surface area contributed by atoms with Gasteiger partial charge in [0.2, 0.25) is 0 Å². The quantitative estimate of drug-likeness (QED) is 0.165. The maximum atomic E-state index is 7.14. The van der Waals surface area contributed by atoms with Crippen LogP contribution in [0.5, 0.6) is 0 Å². The first kappa shape index (κ1) is 43.1. The molecule has 4 heterocycles. The molecule has 0 fully saturated rings. The Morgan fingerprint density at radius 1 is 0.514 bits per heavy atom. The van der Waals surface area contributed by atoms with E-state index in [-0.39, 0.29) is 28.4 Å². The van der Waals surface area contributed by atoms with E-state index in [0.717, 1.165) is 68.1 Å². The van der Waals surface area contributed by atoms with Gasteiger partial charge in [-0.25, -0.2) is 0 Å². The Bertz CT molecular complexity index is 3840. The minimum atomic E-state index is -0.119. The van der Waals surface area contributed by atoms with E-state index in [9.17, 15) is 0 Å². The van der Waals surface area contributed by atoms with Gasteiger partial charge in [-0.3, -0.25) is 0 Å². The predicted octanol–water partition coefficient (Wildman–Crippen LogP) is 16.5. The van der Waals surface area contributed by atoms with Crippen LogP contribution in [0.15, 0.2) is 154 Å². The number of nitrogens with zero attached hydrogens (tertiary/aromatic N) is 2. The average molecular weight is 913 g/mol. The lowest BCUT2D eigenvalue weighted by atomic mass is 9.33. The predicted molar refractivity (Wildman–Crippen MR) is 298 cm³/mol. The van der Waals surface area contributed by atoms with Gasteiger partial charge in [0.05, 0.1) is 16.8 Å². The highest BCUT2D eigenvalue weighted by Crippen LogP contribution is 2.54. The van der Waals surface area contributed by atoms with Crippen LogP contribution in [0, 0.1) is 6.92 Å². The Morgan fingerprint density at radius 3 is 1.93 bits per heavy atom. The van der Waals surface area contributed by atoms with Crippen molar-refractivity contribution in [2.24, 2.45) is 0 Å². The first-order chi connectivity index (χ1) is 33.4. The summed E-state index contributed by atoms with van der Waals surface area (Å²) in [4.78, 5) is 5.23. The van der Waals surface area contributed by atoms with E-state index in [0.29, 0.717) is 0 Å².